The summed E-state index contributed by atoms with van der Waals surface area (Å²) in [5, 5.41) is 14.4. The van der Waals surface area contributed by atoms with Crippen molar-refractivity contribution in [1.82, 2.24) is 14.8 Å². The first-order chi connectivity index (χ1) is 16.5. The minimum absolute atomic E-state index is 0.165. The largest absolute Gasteiger partial charge is 0.476 e. The SMILES string of the molecule is Cc1cc(C(F)(F)F)cc2c1-c1nc(-n3nc(C)c(-c4cccc(F)c4)c3C(=O)O)sc1SC2C. The van der Waals surface area contributed by atoms with Crippen LogP contribution < -0.4 is 0 Å². The Morgan fingerprint density at radius 3 is 2.54 bits per heavy atom. The summed E-state index contributed by atoms with van der Waals surface area (Å²) in [6.07, 6.45) is -4.46. The number of benzene rings is 2. The molecule has 35 heavy (non-hydrogen) atoms. The molecule has 0 saturated carbocycles. The zero-order valence-corrected chi connectivity index (χ0v) is 20.2. The third-order valence-corrected chi connectivity index (χ3v) is 8.17. The van der Waals surface area contributed by atoms with Crippen molar-refractivity contribution in [1.29, 1.82) is 0 Å². The molecule has 4 aromatic rings. The maximum Gasteiger partial charge on any atom is 0.416 e. The highest BCUT2D eigenvalue weighted by atomic mass is 32.2. The van der Waals surface area contributed by atoms with Crippen molar-refractivity contribution in [2.75, 3.05) is 0 Å². The second-order valence-electron chi connectivity index (χ2n) is 8.18. The van der Waals surface area contributed by atoms with E-state index in [1.165, 1.54) is 46.0 Å². The second-order valence-corrected chi connectivity index (χ2v) is 10.8. The highest BCUT2D eigenvalue weighted by molar-refractivity contribution is 8.01. The molecular formula is C24H17F4N3O2S2. The van der Waals surface area contributed by atoms with Crippen molar-refractivity contribution in [3.8, 4) is 27.5 Å². The van der Waals surface area contributed by atoms with Gasteiger partial charge in [-0.3, -0.25) is 0 Å². The lowest BCUT2D eigenvalue weighted by atomic mass is 9.94. The van der Waals surface area contributed by atoms with Gasteiger partial charge in [-0.2, -0.15) is 23.0 Å². The van der Waals surface area contributed by atoms with E-state index in [1.807, 2.05) is 6.92 Å². The average molecular weight is 520 g/mol. The van der Waals surface area contributed by atoms with E-state index in [9.17, 15) is 27.5 Å². The van der Waals surface area contributed by atoms with Crippen molar-refractivity contribution in [2.45, 2.75) is 36.4 Å². The van der Waals surface area contributed by atoms with Crippen LogP contribution in [0.25, 0.3) is 27.5 Å². The van der Waals surface area contributed by atoms with Crippen LogP contribution in [0.1, 0.15) is 45.0 Å². The quantitative estimate of drug-likeness (QED) is 0.288. The molecule has 180 valence electrons. The molecule has 5 rings (SSSR count). The van der Waals surface area contributed by atoms with Crippen LogP contribution in [0.3, 0.4) is 0 Å². The molecular weight excluding hydrogens is 502 g/mol. The molecule has 1 unspecified atom stereocenters. The van der Waals surface area contributed by atoms with Crippen LogP contribution in [0.2, 0.25) is 0 Å². The summed E-state index contributed by atoms with van der Waals surface area (Å²) in [7, 11) is 0. The molecule has 0 fully saturated rings. The number of fused-ring (bicyclic) bond motifs is 3. The minimum Gasteiger partial charge on any atom is -0.476 e. The van der Waals surface area contributed by atoms with Crippen LogP contribution in [0.15, 0.2) is 40.6 Å². The van der Waals surface area contributed by atoms with E-state index in [1.54, 1.807) is 19.9 Å². The van der Waals surface area contributed by atoms with Crippen molar-refractivity contribution in [3.63, 3.8) is 0 Å². The van der Waals surface area contributed by atoms with Gasteiger partial charge in [-0.15, -0.1) is 11.8 Å². The molecule has 0 aliphatic carbocycles. The number of aryl methyl sites for hydroxylation is 2. The Kier molecular flexibility index (Phi) is 5.52. The van der Waals surface area contributed by atoms with E-state index in [4.69, 9.17) is 0 Å². The third-order valence-electron chi connectivity index (χ3n) is 5.79. The van der Waals surface area contributed by atoms with Gasteiger partial charge >= 0.3 is 12.1 Å². The highest BCUT2D eigenvalue weighted by Gasteiger charge is 2.36. The van der Waals surface area contributed by atoms with Gasteiger partial charge in [0.1, 0.15) is 5.82 Å². The van der Waals surface area contributed by atoms with Crippen molar-refractivity contribution in [3.05, 3.63) is 70.3 Å². The second kappa shape index (κ2) is 8.20. The molecule has 2 aromatic heterocycles. The van der Waals surface area contributed by atoms with E-state index < -0.39 is 23.5 Å². The van der Waals surface area contributed by atoms with Crippen molar-refractivity contribution < 1.29 is 27.5 Å². The van der Waals surface area contributed by atoms with Crippen molar-refractivity contribution in [2.24, 2.45) is 0 Å². The van der Waals surface area contributed by atoms with Gasteiger partial charge in [-0.25, -0.2) is 14.2 Å². The van der Waals surface area contributed by atoms with Gasteiger partial charge in [-0.1, -0.05) is 23.5 Å². The van der Waals surface area contributed by atoms with E-state index in [0.29, 0.717) is 33.6 Å². The predicted molar refractivity (Wildman–Crippen MR) is 126 cm³/mol. The fourth-order valence-corrected chi connectivity index (χ4v) is 6.83. The molecule has 0 bridgehead atoms. The lowest BCUT2D eigenvalue weighted by Crippen LogP contribution is -2.10. The van der Waals surface area contributed by atoms with Gasteiger partial charge in [0.2, 0.25) is 5.13 Å². The molecule has 1 N–H and O–H groups in total. The zero-order valence-electron chi connectivity index (χ0n) is 18.6. The number of carboxylic acid groups (broad SMARTS) is 1. The van der Waals surface area contributed by atoms with E-state index in [0.717, 1.165) is 16.3 Å². The monoisotopic (exact) mass is 519 g/mol. The number of halogens is 4. The fraction of sp³-hybridized carbons (Fsp3) is 0.208. The molecule has 2 aromatic carbocycles. The van der Waals surface area contributed by atoms with Crippen LogP contribution in [-0.4, -0.2) is 25.8 Å². The van der Waals surface area contributed by atoms with Gasteiger partial charge in [0.05, 0.1) is 21.2 Å². The first-order valence-electron chi connectivity index (χ1n) is 10.4. The molecule has 1 aliphatic heterocycles. The summed E-state index contributed by atoms with van der Waals surface area (Å²) in [5.41, 5.74) is 2.25. The number of alkyl halides is 3. The third kappa shape index (κ3) is 3.92. The number of carboxylic acids is 1. The van der Waals surface area contributed by atoms with Crippen LogP contribution in [-0.2, 0) is 6.18 Å². The first-order valence-corrected chi connectivity index (χ1v) is 12.1. The van der Waals surface area contributed by atoms with Gasteiger partial charge in [-0.05, 0) is 61.7 Å². The smallest absolute Gasteiger partial charge is 0.416 e. The Balaban J connectivity index is 1.69. The van der Waals surface area contributed by atoms with Crippen molar-refractivity contribution >= 4 is 29.1 Å². The van der Waals surface area contributed by atoms with E-state index in [-0.39, 0.29) is 21.6 Å². The predicted octanol–water partition coefficient (Wildman–Crippen LogP) is 7.30. The maximum atomic E-state index is 13.9. The van der Waals surface area contributed by atoms with Crippen LogP contribution >= 0.6 is 23.1 Å². The Morgan fingerprint density at radius 1 is 1.14 bits per heavy atom. The Hall–Kier alpha value is -3.18. The Bertz CT molecular complexity index is 1510. The molecule has 1 atom stereocenters. The topological polar surface area (TPSA) is 68.0 Å². The van der Waals surface area contributed by atoms with Crippen LogP contribution in [0.4, 0.5) is 17.6 Å². The molecule has 0 radical (unpaired) electrons. The zero-order chi connectivity index (χ0) is 25.2. The lowest BCUT2D eigenvalue weighted by molar-refractivity contribution is -0.137. The van der Waals surface area contributed by atoms with Gasteiger partial charge < -0.3 is 5.11 Å². The highest BCUT2D eigenvalue weighted by Crippen LogP contribution is 2.53. The van der Waals surface area contributed by atoms with E-state index in [2.05, 4.69) is 10.1 Å². The summed E-state index contributed by atoms with van der Waals surface area (Å²) in [6, 6.07) is 7.86. The molecule has 0 spiro atoms. The van der Waals surface area contributed by atoms with Gasteiger partial charge in [0.15, 0.2) is 5.69 Å². The number of rotatable bonds is 3. The summed E-state index contributed by atoms with van der Waals surface area (Å²) in [4.78, 5) is 16.9. The number of hydrogen-bond acceptors (Lipinski definition) is 5. The Labute approximate surface area is 205 Å². The molecule has 0 saturated heterocycles. The maximum absolute atomic E-state index is 13.9. The molecule has 3 heterocycles. The first kappa shape index (κ1) is 23.6. The van der Waals surface area contributed by atoms with E-state index >= 15 is 0 Å². The van der Waals surface area contributed by atoms with Gasteiger partial charge in [0.25, 0.3) is 0 Å². The number of aromatic nitrogens is 3. The summed E-state index contributed by atoms with van der Waals surface area (Å²) in [6.45, 7) is 5.07. The molecule has 1 aliphatic rings. The van der Waals surface area contributed by atoms with Crippen LogP contribution in [0, 0.1) is 19.7 Å². The summed E-state index contributed by atoms with van der Waals surface area (Å²) < 4.78 is 56.0. The number of thioether (sulfide) groups is 1. The lowest BCUT2D eigenvalue weighted by Gasteiger charge is -2.24. The number of nitrogens with zero attached hydrogens (tertiary/aromatic N) is 3. The Morgan fingerprint density at radius 2 is 1.89 bits per heavy atom. The minimum atomic E-state index is -4.46. The van der Waals surface area contributed by atoms with Crippen LogP contribution in [0.5, 0.6) is 0 Å². The fourth-order valence-electron chi connectivity index (χ4n) is 4.32. The molecule has 11 heteroatoms. The average Bonchev–Trinajstić information content (AvgIpc) is 3.33. The van der Waals surface area contributed by atoms with Gasteiger partial charge in [0, 0.05) is 16.4 Å². The normalized spacial score (nSPS) is 15.1. The number of hydrogen-bond donors (Lipinski definition) is 1. The summed E-state index contributed by atoms with van der Waals surface area (Å²) in [5.74, 6) is -1.77. The standard InChI is InChI=1S/C24H17F4N3O2S2/c1-10-7-14(24(26,27)28)9-16-12(3)34-22-19(17(10)16)29-23(35-22)31-20(21(32)33)18(11(2)30-31)13-5-4-6-15(25)8-13/h4-9,12H,1-3H3,(H,32,33). The number of carbonyl (C=O) groups is 1. The number of aromatic carboxylic acids is 1. The molecule has 5 nitrogen and oxygen atoms in total. The summed E-state index contributed by atoms with van der Waals surface area (Å²) >= 11 is 2.59. The molecule has 0 amide bonds. The number of thiazole rings is 1.